The van der Waals surface area contributed by atoms with Gasteiger partial charge >= 0.3 is 0 Å². The summed E-state index contributed by atoms with van der Waals surface area (Å²) in [5.74, 6) is -1.27. The van der Waals surface area contributed by atoms with Crippen molar-refractivity contribution in [1.29, 1.82) is 0 Å². The number of hydrogen-bond donors (Lipinski definition) is 1. The molecule has 1 N–H and O–H groups in total. The Morgan fingerprint density at radius 3 is 2.60 bits per heavy atom. The van der Waals surface area contributed by atoms with Gasteiger partial charge in [-0.15, -0.1) is 0 Å². The summed E-state index contributed by atoms with van der Waals surface area (Å²) in [5.41, 5.74) is 3.49. The smallest absolute Gasteiger partial charge is 0.182 e. The van der Waals surface area contributed by atoms with Crippen LogP contribution in [0.3, 0.4) is 0 Å². The van der Waals surface area contributed by atoms with E-state index in [2.05, 4.69) is 4.98 Å². The molecule has 0 atom stereocenters. The van der Waals surface area contributed by atoms with Crippen molar-refractivity contribution in [2.24, 2.45) is 0 Å². The minimum atomic E-state index is -0.643. The molecule has 2 aromatic carbocycles. The minimum absolute atomic E-state index is 0.220. The molecule has 102 valence electrons. The van der Waals surface area contributed by atoms with Crippen molar-refractivity contribution in [2.45, 2.75) is 13.8 Å². The zero-order valence-corrected chi connectivity index (χ0v) is 11.8. The van der Waals surface area contributed by atoms with Crippen LogP contribution in [0.4, 0.5) is 8.78 Å². The first kappa shape index (κ1) is 13.0. The average molecular weight is 290 g/mol. The molecule has 0 bridgehead atoms. The van der Waals surface area contributed by atoms with Gasteiger partial charge in [0.15, 0.2) is 10.6 Å². The van der Waals surface area contributed by atoms with Crippen LogP contribution in [0, 0.1) is 30.3 Å². The molecule has 0 fully saturated rings. The molecule has 0 saturated heterocycles. The van der Waals surface area contributed by atoms with Crippen LogP contribution in [-0.2, 0) is 0 Å². The van der Waals surface area contributed by atoms with Crippen molar-refractivity contribution >= 4 is 23.3 Å². The standard InChI is InChI=1S/C15H12F2N2S/c1-8-3-4-9(2)12(5-8)19-13-7-10(16)6-11(17)14(13)18-15(19)20/h3-7H,1-2H3,(H,18,20). The molecule has 3 rings (SSSR count). The molecule has 0 saturated carbocycles. The van der Waals surface area contributed by atoms with E-state index in [0.717, 1.165) is 22.9 Å². The summed E-state index contributed by atoms with van der Waals surface area (Å²) in [5, 5.41) is 0. The Bertz CT molecular complexity index is 877. The van der Waals surface area contributed by atoms with Crippen molar-refractivity contribution in [3.05, 3.63) is 57.9 Å². The topological polar surface area (TPSA) is 20.7 Å². The Labute approximate surface area is 119 Å². The number of aryl methyl sites for hydroxylation is 2. The van der Waals surface area contributed by atoms with Gasteiger partial charge < -0.3 is 4.98 Å². The number of benzene rings is 2. The van der Waals surface area contributed by atoms with E-state index in [0.29, 0.717) is 10.3 Å². The van der Waals surface area contributed by atoms with Gasteiger partial charge in [0, 0.05) is 12.1 Å². The van der Waals surface area contributed by atoms with Gasteiger partial charge in [-0.3, -0.25) is 4.57 Å². The summed E-state index contributed by atoms with van der Waals surface area (Å²) in [7, 11) is 0. The van der Waals surface area contributed by atoms with Crippen molar-refractivity contribution in [3.63, 3.8) is 0 Å². The lowest BCUT2D eigenvalue weighted by Gasteiger charge is -2.09. The van der Waals surface area contributed by atoms with E-state index in [1.807, 2.05) is 32.0 Å². The molecule has 20 heavy (non-hydrogen) atoms. The van der Waals surface area contributed by atoms with E-state index >= 15 is 0 Å². The van der Waals surface area contributed by atoms with Crippen LogP contribution in [0.1, 0.15) is 11.1 Å². The number of hydrogen-bond acceptors (Lipinski definition) is 1. The highest BCUT2D eigenvalue weighted by molar-refractivity contribution is 7.71. The summed E-state index contributed by atoms with van der Waals surface area (Å²) in [6, 6.07) is 8.02. The molecular formula is C15H12F2N2S. The quantitative estimate of drug-likeness (QED) is 0.650. The van der Waals surface area contributed by atoms with E-state index in [1.54, 1.807) is 4.57 Å². The van der Waals surface area contributed by atoms with Crippen LogP contribution in [0.25, 0.3) is 16.7 Å². The van der Waals surface area contributed by atoms with Crippen molar-refractivity contribution in [1.82, 2.24) is 9.55 Å². The first-order valence-corrected chi connectivity index (χ1v) is 6.55. The molecule has 0 aliphatic rings. The van der Waals surface area contributed by atoms with E-state index in [-0.39, 0.29) is 5.52 Å². The molecule has 0 aliphatic heterocycles. The average Bonchev–Trinajstić information content (AvgIpc) is 2.69. The van der Waals surface area contributed by atoms with Crippen molar-refractivity contribution in [3.8, 4) is 5.69 Å². The van der Waals surface area contributed by atoms with Gasteiger partial charge in [-0.1, -0.05) is 12.1 Å². The van der Waals surface area contributed by atoms with E-state index in [9.17, 15) is 8.78 Å². The molecule has 2 nitrogen and oxygen atoms in total. The summed E-state index contributed by atoms with van der Waals surface area (Å²) >= 11 is 5.26. The minimum Gasteiger partial charge on any atom is -0.328 e. The van der Waals surface area contributed by atoms with Gasteiger partial charge in [-0.05, 0) is 43.3 Å². The van der Waals surface area contributed by atoms with E-state index in [1.165, 1.54) is 6.07 Å². The Morgan fingerprint density at radius 1 is 1.10 bits per heavy atom. The summed E-state index contributed by atoms with van der Waals surface area (Å²) in [6.45, 7) is 3.90. The number of aromatic nitrogens is 2. The molecule has 1 heterocycles. The maximum atomic E-state index is 13.8. The molecule has 0 aliphatic carbocycles. The second-order valence-corrected chi connectivity index (χ2v) is 5.22. The van der Waals surface area contributed by atoms with Gasteiger partial charge in [0.2, 0.25) is 0 Å². The predicted octanol–water partition coefficient (Wildman–Crippen LogP) is 4.58. The van der Waals surface area contributed by atoms with Crippen LogP contribution in [0.5, 0.6) is 0 Å². The maximum Gasteiger partial charge on any atom is 0.182 e. The number of aromatic amines is 1. The lowest BCUT2D eigenvalue weighted by Crippen LogP contribution is -1.98. The Balaban J connectivity index is 2.45. The number of halogens is 2. The lowest BCUT2D eigenvalue weighted by molar-refractivity contribution is 0.590. The summed E-state index contributed by atoms with van der Waals surface area (Å²) in [6.07, 6.45) is 0. The van der Waals surface area contributed by atoms with Crippen LogP contribution >= 0.6 is 12.2 Å². The third kappa shape index (κ3) is 1.94. The number of imidazole rings is 1. The Morgan fingerprint density at radius 2 is 1.85 bits per heavy atom. The summed E-state index contributed by atoms with van der Waals surface area (Å²) < 4.78 is 29.3. The molecule has 0 spiro atoms. The third-order valence-electron chi connectivity index (χ3n) is 3.32. The zero-order valence-electron chi connectivity index (χ0n) is 11.0. The van der Waals surface area contributed by atoms with Gasteiger partial charge in [-0.2, -0.15) is 0 Å². The molecule has 5 heteroatoms. The van der Waals surface area contributed by atoms with Crippen LogP contribution < -0.4 is 0 Å². The number of fused-ring (bicyclic) bond motifs is 1. The fraction of sp³-hybridized carbons (Fsp3) is 0.133. The van der Waals surface area contributed by atoms with Gasteiger partial charge in [0.25, 0.3) is 0 Å². The molecular weight excluding hydrogens is 278 g/mol. The van der Waals surface area contributed by atoms with Crippen molar-refractivity contribution < 1.29 is 8.78 Å². The Hall–Kier alpha value is -2.01. The number of H-pyrrole nitrogens is 1. The normalized spacial score (nSPS) is 11.2. The second-order valence-electron chi connectivity index (χ2n) is 4.84. The molecule has 3 aromatic rings. The predicted molar refractivity (Wildman–Crippen MR) is 77.8 cm³/mol. The number of nitrogens with zero attached hydrogens (tertiary/aromatic N) is 1. The lowest BCUT2D eigenvalue weighted by atomic mass is 10.1. The number of nitrogens with one attached hydrogen (secondary N) is 1. The maximum absolute atomic E-state index is 13.8. The SMILES string of the molecule is Cc1ccc(C)c(-n2c(=S)[nH]c3c(F)cc(F)cc32)c1. The largest absolute Gasteiger partial charge is 0.328 e. The van der Waals surface area contributed by atoms with Gasteiger partial charge in [-0.25, -0.2) is 8.78 Å². The highest BCUT2D eigenvalue weighted by Crippen LogP contribution is 2.25. The van der Waals surface area contributed by atoms with E-state index in [4.69, 9.17) is 12.2 Å². The van der Waals surface area contributed by atoms with Gasteiger partial charge in [0.05, 0.1) is 11.2 Å². The van der Waals surface area contributed by atoms with Crippen LogP contribution in [0.2, 0.25) is 0 Å². The van der Waals surface area contributed by atoms with Crippen LogP contribution in [-0.4, -0.2) is 9.55 Å². The second kappa shape index (κ2) is 4.52. The fourth-order valence-electron chi connectivity index (χ4n) is 2.33. The highest BCUT2D eigenvalue weighted by Gasteiger charge is 2.13. The Kier molecular flexibility index (Phi) is 2.94. The third-order valence-corrected chi connectivity index (χ3v) is 3.60. The fourth-order valence-corrected chi connectivity index (χ4v) is 2.63. The first-order chi connectivity index (χ1) is 9.47. The highest BCUT2D eigenvalue weighted by atomic mass is 32.1. The van der Waals surface area contributed by atoms with Crippen molar-refractivity contribution in [2.75, 3.05) is 0 Å². The monoisotopic (exact) mass is 290 g/mol. The zero-order chi connectivity index (χ0) is 14.4. The molecule has 0 radical (unpaired) electrons. The first-order valence-electron chi connectivity index (χ1n) is 6.15. The molecule has 0 unspecified atom stereocenters. The summed E-state index contributed by atoms with van der Waals surface area (Å²) in [4.78, 5) is 2.80. The van der Waals surface area contributed by atoms with Crippen LogP contribution in [0.15, 0.2) is 30.3 Å². The molecule has 1 aromatic heterocycles. The number of rotatable bonds is 1. The van der Waals surface area contributed by atoms with Gasteiger partial charge in [0.1, 0.15) is 11.3 Å². The van der Waals surface area contributed by atoms with E-state index < -0.39 is 11.6 Å². The molecule has 0 amide bonds.